The van der Waals surface area contributed by atoms with Crippen molar-refractivity contribution in [2.75, 3.05) is 40.3 Å². The monoisotopic (exact) mass is 514 g/mol. The average Bonchev–Trinajstić information content (AvgIpc) is 2.71. The van der Waals surface area contributed by atoms with Crippen molar-refractivity contribution in [3.8, 4) is 5.75 Å². The molecule has 1 amide bonds. The van der Waals surface area contributed by atoms with E-state index in [1.165, 1.54) is 11.1 Å². The third kappa shape index (κ3) is 7.87. The summed E-state index contributed by atoms with van der Waals surface area (Å²) in [6.07, 6.45) is 4.19. The molecule has 0 bridgehead atoms. The Bertz CT molecular complexity index is 701. The Morgan fingerprint density at radius 2 is 1.97 bits per heavy atom. The van der Waals surface area contributed by atoms with Crippen molar-refractivity contribution in [2.24, 2.45) is 4.99 Å². The molecule has 0 spiro atoms. The largest absolute Gasteiger partial charge is 0.494 e. The number of hydrogen-bond acceptors (Lipinski definition) is 3. The minimum Gasteiger partial charge on any atom is -0.494 e. The van der Waals surface area contributed by atoms with Crippen LogP contribution in [0.3, 0.4) is 0 Å². The highest BCUT2D eigenvalue weighted by molar-refractivity contribution is 14.0. The topological polar surface area (TPSA) is 57.2 Å². The molecule has 1 unspecified atom stereocenters. The standard InChI is InChI=1S/C22H34N4O2.HI/c1-6-17(3)24-22(23-16-21(27)25(4)5)26-14-12-19(13-15-26)18-8-10-20(11-9-18)28-7-2;/h8-12,17H,6-7,13-16H2,1-5H3,(H,23,24);1H. The summed E-state index contributed by atoms with van der Waals surface area (Å²) in [6.45, 7) is 8.76. The van der Waals surface area contributed by atoms with Crippen LogP contribution < -0.4 is 10.1 Å². The summed E-state index contributed by atoms with van der Waals surface area (Å²) in [6, 6.07) is 8.60. The van der Waals surface area contributed by atoms with Crippen LogP contribution in [0.15, 0.2) is 35.3 Å². The predicted molar refractivity (Wildman–Crippen MR) is 131 cm³/mol. The lowest BCUT2D eigenvalue weighted by atomic mass is 9.99. The first-order valence-electron chi connectivity index (χ1n) is 10.1. The summed E-state index contributed by atoms with van der Waals surface area (Å²) in [5, 5.41) is 3.47. The average molecular weight is 514 g/mol. The van der Waals surface area contributed by atoms with Crippen LogP contribution in [0.5, 0.6) is 5.75 Å². The number of amides is 1. The van der Waals surface area contributed by atoms with Crippen LogP contribution in [0.1, 0.15) is 39.2 Å². The van der Waals surface area contributed by atoms with E-state index in [9.17, 15) is 4.79 Å². The SMILES string of the molecule is CCOc1ccc(C2=CCN(C(=NCC(=O)N(C)C)NC(C)CC)CC2)cc1.I. The lowest BCUT2D eigenvalue weighted by Crippen LogP contribution is -2.47. The molecule has 0 radical (unpaired) electrons. The molecule has 1 aliphatic heterocycles. The summed E-state index contributed by atoms with van der Waals surface area (Å²) in [7, 11) is 3.51. The second kappa shape index (κ2) is 12.7. The maximum absolute atomic E-state index is 11.9. The molecular formula is C22H35IN4O2. The van der Waals surface area contributed by atoms with Crippen molar-refractivity contribution in [1.82, 2.24) is 15.1 Å². The van der Waals surface area contributed by atoms with Gasteiger partial charge in [0.2, 0.25) is 5.91 Å². The normalized spacial score (nSPS) is 15.1. The summed E-state index contributed by atoms with van der Waals surface area (Å²) in [4.78, 5) is 20.3. The maximum Gasteiger partial charge on any atom is 0.243 e. The Balaban J connectivity index is 0.00000420. The van der Waals surface area contributed by atoms with E-state index in [1.54, 1.807) is 19.0 Å². The van der Waals surface area contributed by atoms with Gasteiger partial charge in [0, 0.05) is 33.2 Å². The minimum absolute atomic E-state index is 0. The molecule has 1 aliphatic rings. The highest BCUT2D eigenvalue weighted by Gasteiger charge is 2.18. The Labute approximate surface area is 192 Å². The van der Waals surface area contributed by atoms with Crippen molar-refractivity contribution >= 4 is 41.4 Å². The third-order valence-electron chi connectivity index (χ3n) is 4.90. The van der Waals surface area contributed by atoms with Crippen molar-refractivity contribution in [2.45, 2.75) is 39.7 Å². The lowest BCUT2D eigenvalue weighted by Gasteiger charge is -2.31. The first kappa shape index (κ1) is 25.3. The summed E-state index contributed by atoms with van der Waals surface area (Å²) in [5.41, 5.74) is 2.57. The molecule has 1 aromatic carbocycles. The highest BCUT2D eigenvalue weighted by atomic mass is 127. The van der Waals surface area contributed by atoms with Gasteiger partial charge in [0.15, 0.2) is 5.96 Å². The van der Waals surface area contributed by atoms with Crippen molar-refractivity contribution < 1.29 is 9.53 Å². The van der Waals surface area contributed by atoms with Crippen LogP contribution in [-0.4, -0.2) is 68.0 Å². The Morgan fingerprint density at radius 1 is 1.28 bits per heavy atom. The van der Waals surface area contributed by atoms with Crippen molar-refractivity contribution in [1.29, 1.82) is 0 Å². The number of ether oxygens (including phenoxy) is 1. The Hall–Kier alpha value is -1.77. The molecule has 1 heterocycles. The van der Waals surface area contributed by atoms with Gasteiger partial charge in [0.25, 0.3) is 0 Å². The van der Waals surface area contributed by atoms with Gasteiger partial charge in [0.05, 0.1) is 6.61 Å². The molecule has 0 aromatic heterocycles. The number of carbonyl (C=O) groups excluding carboxylic acids is 1. The van der Waals surface area contributed by atoms with Crippen LogP contribution >= 0.6 is 24.0 Å². The van der Waals surface area contributed by atoms with E-state index < -0.39 is 0 Å². The molecule has 0 aliphatic carbocycles. The zero-order chi connectivity index (χ0) is 20.5. The molecule has 2 rings (SSSR count). The van der Waals surface area contributed by atoms with E-state index in [0.717, 1.165) is 37.6 Å². The number of carbonyl (C=O) groups is 1. The number of aliphatic imine (C=N–C) groups is 1. The Morgan fingerprint density at radius 3 is 2.48 bits per heavy atom. The quantitative estimate of drug-likeness (QED) is 0.343. The number of nitrogens with one attached hydrogen (secondary N) is 1. The summed E-state index contributed by atoms with van der Waals surface area (Å²) in [5.74, 6) is 1.72. The molecule has 0 saturated heterocycles. The van der Waals surface area contributed by atoms with Gasteiger partial charge in [-0.25, -0.2) is 4.99 Å². The number of halogens is 1. The first-order chi connectivity index (χ1) is 13.4. The predicted octanol–water partition coefficient (Wildman–Crippen LogP) is 3.62. The number of nitrogens with zero attached hydrogens (tertiary/aromatic N) is 3. The van der Waals surface area contributed by atoms with Crippen LogP contribution in [0.4, 0.5) is 0 Å². The molecule has 1 N–H and O–H groups in total. The van der Waals surface area contributed by atoms with E-state index >= 15 is 0 Å². The molecule has 6 nitrogen and oxygen atoms in total. The van der Waals surface area contributed by atoms with Gasteiger partial charge in [-0.15, -0.1) is 24.0 Å². The molecule has 162 valence electrons. The van der Waals surface area contributed by atoms with Gasteiger partial charge in [-0.1, -0.05) is 25.1 Å². The van der Waals surface area contributed by atoms with E-state index in [-0.39, 0.29) is 36.4 Å². The number of rotatable bonds is 7. The summed E-state index contributed by atoms with van der Waals surface area (Å²) < 4.78 is 5.52. The first-order valence-corrected chi connectivity index (χ1v) is 10.1. The van der Waals surface area contributed by atoms with E-state index in [4.69, 9.17) is 4.74 Å². The number of likely N-dealkylation sites (N-methyl/N-ethyl adjacent to an activating group) is 1. The number of guanidine groups is 1. The van der Waals surface area contributed by atoms with Gasteiger partial charge < -0.3 is 19.9 Å². The van der Waals surface area contributed by atoms with E-state index in [2.05, 4.69) is 47.3 Å². The fourth-order valence-corrected chi connectivity index (χ4v) is 2.90. The molecule has 0 fully saturated rings. The highest BCUT2D eigenvalue weighted by Crippen LogP contribution is 2.24. The molecule has 29 heavy (non-hydrogen) atoms. The van der Waals surface area contributed by atoms with E-state index in [1.807, 2.05) is 19.1 Å². The minimum atomic E-state index is 0. The van der Waals surface area contributed by atoms with Crippen LogP contribution in [0.25, 0.3) is 5.57 Å². The second-order valence-corrected chi connectivity index (χ2v) is 7.26. The smallest absolute Gasteiger partial charge is 0.243 e. The van der Waals surface area contributed by atoms with Gasteiger partial charge in [-0.05, 0) is 50.0 Å². The molecular weight excluding hydrogens is 479 g/mol. The summed E-state index contributed by atoms with van der Waals surface area (Å²) >= 11 is 0. The fourth-order valence-electron chi connectivity index (χ4n) is 2.90. The molecule has 7 heteroatoms. The third-order valence-corrected chi connectivity index (χ3v) is 4.90. The van der Waals surface area contributed by atoms with Crippen molar-refractivity contribution in [3.05, 3.63) is 35.9 Å². The van der Waals surface area contributed by atoms with E-state index in [0.29, 0.717) is 12.6 Å². The van der Waals surface area contributed by atoms with Gasteiger partial charge in [-0.3, -0.25) is 4.79 Å². The fraction of sp³-hybridized carbons (Fsp3) is 0.545. The number of hydrogen-bond donors (Lipinski definition) is 1. The van der Waals surface area contributed by atoms with Gasteiger partial charge in [-0.2, -0.15) is 0 Å². The van der Waals surface area contributed by atoms with Crippen LogP contribution in [0.2, 0.25) is 0 Å². The zero-order valence-electron chi connectivity index (χ0n) is 18.3. The Kier molecular flexibility index (Phi) is 11.1. The molecule has 1 atom stereocenters. The lowest BCUT2D eigenvalue weighted by molar-refractivity contribution is -0.127. The molecule has 0 saturated carbocycles. The molecule has 1 aromatic rings. The van der Waals surface area contributed by atoms with Crippen molar-refractivity contribution in [3.63, 3.8) is 0 Å². The number of benzene rings is 1. The van der Waals surface area contributed by atoms with Gasteiger partial charge >= 0.3 is 0 Å². The van der Waals surface area contributed by atoms with Gasteiger partial charge in [0.1, 0.15) is 12.3 Å². The van der Waals surface area contributed by atoms with Crippen LogP contribution in [-0.2, 0) is 4.79 Å². The second-order valence-electron chi connectivity index (χ2n) is 7.26. The maximum atomic E-state index is 11.9. The van der Waals surface area contributed by atoms with Crippen LogP contribution in [0, 0.1) is 0 Å². The zero-order valence-corrected chi connectivity index (χ0v) is 20.6.